The van der Waals surface area contributed by atoms with Crippen molar-refractivity contribution in [3.8, 4) is 0 Å². The molecule has 0 spiro atoms. The predicted octanol–water partition coefficient (Wildman–Crippen LogP) is 3.62. The molecule has 3 rings (SSSR count). The van der Waals surface area contributed by atoms with Gasteiger partial charge in [0.1, 0.15) is 6.61 Å². The maximum absolute atomic E-state index is 12.3. The lowest BCUT2D eigenvalue weighted by molar-refractivity contribution is -0.145. The summed E-state index contributed by atoms with van der Waals surface area (Å²) in [5, 5.41) is 12.6. The van der Waals surface area contributed by atoms with Gasteiger partial charge in [0.15, 0.2) is 5.54 Å². The van der Waals surface area contributed by atoms with Gasteiger partial charge in [-0.25, -0.2) is 9.59 Å². The number of hydrogen-bond donors (Lipinski definition) is 2. The molecule has 0 bridgehead atoms. The average molecular weight is 339 g/mol. The Kier molecular flexibility index (Phi) is 5.03. The van der Waals surface area contributed by atoms with Crippen LogP contribution in [0.3, 0.4) is 0 Å². The van der Waals surface area contributed by atoms with Crippen LogP contribution in [0.5, 0.6) is 0 Å². The predicted molar refractivity (Wildman–Crippen MR) is 93.1 cm³/mol. The van der Waals surface area contributed by atoms with Crippen LogP contribution < -0.4 is 5.32 Å². The van der Waals surface area contributed by atoms with Crippen LogP contribution in [0.2, 0.25) is 0 Å². The molecule has 0 heterocycles. The van der Waals surface area contributed by atoms with E-state index in [2.05, 4.69) is 5.32 Å². The van der Waals surface area contributed by atoms with Gasteiger partial charge in [-0.1, -0.05) is 54.6 Å². The Hall–Kier alpha value is -2.82. The third kappa shape index (κ3) is 3.65. The van der Waals surface area contributed by atoms with Crippen LogP contribution >= 0.6 is 0 Å². The number of aliphatic carboxylic acids is 1. The minimum Gasteiger partial charge on any atom is -0.479 e. The molecule has 5 heteroatoms. The van der Waals surface area contributed by atoms with Crippen molar-refractivity contribution in [1.82, 2.24) is 5.32 Å². The van der Waals surface area contributed by atoms with E-state index in [0.29, 0.717) is 12.0 Å². The van der Waals surface area contributed by atoms with Crippen molar-refractivity contribution in [2.45, 2.75) is 37.8 Å². The summed E-state index contributed by atoms with van der Waals surface area (Å²) in [6.07, 6.45) is 2.06. The van der Waals surface area contributed by atoms with Crippen LogP contribution in [0.25, 0.3) is 0 Å². The number of amides is 1. The van der Waals surface area contributed by atoms with E-state index in [1.54, 1.807) is 12.1 Å². The molecule has 0 saturated carbocycles. The lowest BCUT2D eigenvalue weighted by atomic mass is 9.84. The SMILES string of the molecule is O=C(NC1(C(=O)O)CCCCc2ccccc21)OCc1ccccc1. The fourth-order valence-corrected chi connectivity index (χ4v) is 3.33. The number of carboxylic acids is 1. The Morgan fingerprint density at radius 3 is 2.52 bits per heavy atom. The lowest BCUT2D eigenvalue weighted by Gasteiger charge is -2.30. The zero-order valence-corrected chi connectivity index (χ0v) is 13.9. The maximum Gasteiger partial charge on any atom is 0.408 e. The number of rotatable bonds is 4. The fourth-order valence-electron chi connectivity index (χ4n) is 3.33. The van der Waals surface area contributed by atoms with Crippen molar-refractivity contribution in [2.24, 2.45) is 0 Å². The van der Waals surface area contributed by atoms with E-state index in [4.69, 9.17) is 4.74 Å². The van der Waals surface area contributed by atoms with E-state index in [1.807, 2.05) is 42.5 Å². The van der Waals surface area contributed by atoms with Crippen LogP contribution in [-0.2, 0) is 28.1 Å². The molecule has 1 aliphatic carbocycles. The maximum atomic E-state index is 12.3. The third-order valence-electron chi connectivity index (χ3n) is 4.62. The van der Waals surface area contributed by atoms with Gasteiger partial charge in [0.2, 0.25) is 0 Å². The first kappa shape index (κ1) is 17.0. The van der Waals surface area contributed by atoms with Gasteiger partial charge in [-0.2, -0.15) is 0 Å². The molecule has 5 nitrogen and oxygen atoms in total. The van der Waals surface area contributed by atoms with E-state index in [1.165, 1.54) is 0 Å². The minimum atomic E-state index is -1.44. The first-order valence-corrected chi connectivity index (χ1v) is 8.42. The number of carbonyl (C=O) groups excluding carboxylic acids is 1. The van der Waals surface area contributed by atoms with Crippen molar-refractivity contribution < 1.29 is 19.4 Å². The van der Waals surface area contributed by atoms with E-state index >= 15 is 0 Å². The summed E-state index contributed by atoms with van der Waals surface area (Å²) in [4.78, 5) is 24.5. The van der Waals surface area contributed by atoms with Crippen LogP contribution in [0.1, 0.15) is 36.0 Å². The molecule has 0 saturated heterocycles. The van der Waals surface area contributed by atoms with Gasteiger partial charge in [-0.05, 0) is 42.4 Å². The van der Waals surface area contributed by atoms with Crippen molar-refractivity contribution in [1.29, 1.82) is 0 Å². The van der Waals surface area contributed by atoms with E-state index in [9.17, 15) is 14.7 Å². The number of hydrogen-bond acceptors (Lipinski definition) is 3. The summed E-state index contributed by atoms with van der Waals surface area (Å²) >= 11 is 0. The number of fused-ring (bicyclic) bond motifs is 1. The van der Waals surface area contributed by atoms with E-state index in [-0.39, 0.29) is 6.61 Å². The Balaban J connectivity index is 1.81. The Labute approximate surface area is 146 Å². The summed E-state index contributed by atoms with van der Waals surface area (Å²) < 4.78 is 5.25. The molecule has 130 valence electrons. The molecule has 0 radical (unpaired) electrons. The highest BCUT2D eigenvalue weighted by Crippen LogP contribution is 2.34. The Morgan fingerprint density at radius 1 is 1.04 bits per heavy atom. The van der Waals surface area contributed by atoms with Crippen molar-refractivity contribution in [3.05, 3.63) is 71.3 Å². The molecule has 2 aromatic carbocycles. The highest BCUT2D eigenvalue weighted by molar-refractivity contribution is 5.86. The smallest absolute Gasteiger partial charge is 0.408 e. The normalized spacial score (nSPS) is 19.4. The molecule has 2 aromatic rings. The zero-order valence-electron chi connectivity index (χ0n) is 13.9. The summed E-state index contributed by atoms with van der Waals surface area (Å²) in [6, 6.07) is 16.7. The van der Waals surface area contributed by atoms with Gasteiger partial charge in [0, 0.05) is 0 Å². The van der Waals surface area contributed by atoms with Gasteiger partial charge in [0.25, 0.3) is 0 Å². The van der Waals surface area contributed by atoms with E-state index in [0.717, 1.165) is 30.4 Å². The Morgan fingerprint density at radius 2 is 1.76 bits per heavy atom. The molecule has 25 heavy (non-hydrogen) atoms. The van der Waals surface area contributed by atoms with Crippen LogP contribution in [0, 0.1) is 0 Å². The van der Waals surface area contributed by atoms with Crippen molar-refractivity contribution in [2.75, 3.05) is 0 Å². The van der Waals surface area contributed by atoms with Crippen molar-refractivity contribution in [3.63, 3.8) is 0 Å². The second-order valence-electron chi connectivity index (χ2n) is 6.26. The molecule has 0 fully saturated rings. The second kappa shape index (κ2) is 7.38. The number of alkyl carbamates (subject to hydrolysis) is 1. The zero-order chi connectivity index (χ0) is 17.7. The monoisotopic (exact) mass is 339 g/mol. The number of nitrogens with one attached hydrogen (secondary N) is 1. The summed E-state index contributed by atoms with van der Waals surface area (Å²) in [6.45, 7) is 0.101. The third-order valence-corrected chi connectivity index (χ3v) is 4.62. The lowest BCUT2D eigenvalue weighted by Crippen LogP contribution is -2.52. The van der Waals surface area contributed by atoms with Crippen molar-refractivity contribution >= 4 is 12.1 Å². The molecule has 1 atom stereocenters. The quantitative estimate of drug-likeness (QED) is 0.834. The minimum absolute atomic E-state index is 0.101. The first-order chi connectivity index (χ1) is 12.1. The van der Waals surface area contributed by atoms with Gasteiger partial charge >= 0.3 is 12.1 Å². The fraction of sp³-hybridized carbons (Fsp3) is 0.300. The topological polar surface area (TPSA) is 75.6 Å². The summed E-state index contributed by atoms with van der Waals surface area (Å²) in [7, 11) is 0. The molecule has 1 aliphatic rings. The standard InChI is InChI=1S/C20H21NO4/c22-18(23)20(13-7-6-11-16-10-4-5-12-17(16)20)21-19(24)25-14-15-8-2-1-3-9-15/h1-5,8-10,12H,6-7,11,13-14H2,(H,21,24)(H,22,23). The number of aryl methyl sites for hydroxylation is 1. The number of ether oxygens (including phenoxy) is 1. The number of carboxylic acid groups (broad SMARTS) is 1. The van der Waals surface area contributed by atoms with Crippen LogP contribution in [-0.4, -0.2) is 17.2 Å². The highest BCUT2D eigenvalue weighted by Gasteiger charge is 2.44. The first-order valence-electron chi connectivity index (χ1n) is 8.42. The van der Waals surface area contributed by atoms with Crippen LogP contribution in [0.15, 0.2) is 54.6 Å². The summed E-state index contributed by atoms with van der Waals surface area (Å²) in [5.41, 5.74) is 1.02. The number of benzene rings is 2. The molecule has 0 aliphatic heterocycles. The second-order valence-corrected chi connectivity index (χ2v) is 6.26. The molecule has 0 aromatic heterocycles. The number of carbonyl (C=O) groups is 2. The van der Waals surface area contributed by atoms with E-state index < -0.39 is 17.6 Å². The molecule has 1 amide bonds. The molecule has 1 unspecified atom stereocenters. The molecular formula is C20H21NO4. The summed E-state index contributed by atoms with van der Waals surface area (Å²) in [5.74, 6) is -1.06. The Bertz CT molecular complexity index is 759. The van der Waals surface area contributed by atoms with Crippen LogP contribution in [0.4, 0.5) is 4.79 Å². The average Bonchev–Trinajstić information content (AvgIpc) is 2.82. The van der Waals surface area contributed by atoms with Gasteiger partial charge in [-0.15, -0.1) is 0 Å². The van der Waals surface area contributed by atoms with Gasteiger partial charge in [-0.3, -0.25) is 0 Å². The molecular weight excluding hydrogens is 318 g/mol. The molecule has 2 N–H and O–H groups in total. The largest absolute Gasteiger partial charge is 0.479 e. The van der Waals surface area contributed by atoms with Gasteiger partial charge < -0.3 is 15.2 Å². The highest BCUT2D eigenvalue weighted by atomic mass is 16.5. The van der Waals surface area contributed by atoms with Gasteiger partial charge in [0.05, 0.1) is 0 Å².